The van der Waals surface area contributed by atoms with Gasteiger partial charge in [0, 0.05) is 11.1 Å². The predicted octanol–water partition coefficient (Wildman–Crippen LogP) is 5.41. The van der Waals surface area contributed by atoms with Crippen LogP contribution < -0.4 is 0 Å². The SMILES string of the molecule is CCCCC(=COC=C(CCCC)C(=O)C(F)(F)F)C(=O)C(F)(F)F. The molecule has 0 radical (unpaired) electrons. The zero-order valence-electron chi connectivity index (χ0n) is 13.9. The van der Waals surface area contributed by atoms with Gasteiger partial charge in [0.1, 0.15) is 0 Å². The number of ketones is 2. The maximum absolute atomic E-state index is 12.5. The molecule has 0 aromatic carbocycles. The van der Waals surface area contributed by atoms with E-state index >= 15 is 0 Å². The van der Waals surface area contributed by atoms with E-state index in [1.807, 2.05) is 0 Å². The summed E-state index contributed by atoms with van der Waals surface area (Å²) < 4.78 is 79.6. The smallest absolute Gasteiger partial charge is 0.454 e. The third-order valence-electron chi connectivity index (χ3n) is 3.12. The molecular formula is C16H20F6O3. The number of halogens is 6. The Balaban J connectivity index is 5.39. The summed E-state index contributed by atoms with van der Waals surface area (Å²) >= 11 is 0. The first-order valence-electron chi connectivity index (χ1n) is 7.71. The molecule has 0 rings (SSSR count). The van der Waals surface area contributed by atoms with E-state index in [1.54, 1.807) is 13.8 Å². The summed E-state index contributed by atoms with van der Waals surface area (Å²) in [5, 5.41) is 0. The molecule has 0 saturated carbocycles. The third-order valence-corrected chi connectivity index (χ3v) is 3.12. The number of alkyl halides is 6. The van der Waals surface area contributed by atoms with Gasteiger partial charge in [-0.3, -0.25) is 9.59 Å². The maximum Gasteiger partial charge on any atom is 0.454 e. The first-order chi connectivity index (χ1) is 11.4. The van der Waals surface area contributed by atoms with Crippen LogP contribution in [0.15, 0.2) is 23.7 Å². The van der Waals surface area contributed by atoms with Gasteiger partial charge in [-0.25, -0.2) is 0 Å². The third kappa shape index (κ3) is 8.74. The van der Waals surface area contributed by atoms with Crippen molar-refractivity contribution in [1.29, 1.82) is 0 Å². The van der Waals surface area contributed by atoms with Crippen LogP contribution in [0.4, 0.5) is 26.3 Å². The summed E-state index contributed by atoms with van der Waals surface area (Å²) in [6, 6.07) is 0. The van der Waals surface area contributed by atoms with Crippen LogP contribution in [0.2, 0.25) is 0 Å². The average Bonchev–Trinajstić information content (AvgIpc) is 2.50. The van der Waals surface area contributed by atoms with Crippen LogP contribution in [-0.4, -0.2) is 23.9 Å². The number of hydrogen-bond donors (Lipinski definition) is 0. The molecule has 0 N–H and O–H groups in total. The van der Waals surface area contributed by atoms with Crippen LogP contribution in [0.5, 0.6) is 0 Å². The Labute approximate surface area is 141 Å². The zero-order chi connectivity index (χ0) is 19.7. The minimum atomic E-state index is -5.11. The Bertz CT molecular complexity index is 469. The molecule has 0 atom stereocenters. The minimum Gasteiger partial charge on any atom is -0.472 e. The van der Waals surface area contributed by atoms with E-state index in [1.165, 1.54) is 0 Å². The molecule has 9 heteroatoms. The van der Waals surface area contributed by atoms with Crippen LogP contribution in [0, 0.1) is 0 Å². The first-order valence-corrected chi connectivity index (χ1v) is 7.71. The van der Waals surface area contributed by atoms with Gasteiger partial charge < -0.3 is 4.74 Å². The fourth-order valence-electron chi connectivity index (χ4n) is 1.75. The fraction of sp³-hybridized carbons (Fsp3) is 0.625. The molecule has 0 fully saturated rings. The lowest BCUT2D eigenvalue weighted by atomic mass is 10.1. The van der Waals surface area contributed by atoms with Crippen molar-refractivity contribution in [2.45, 2.75) is 64.7 Å². The van der Waals surface area contributed by atoms with Crippen LogP contribution in [0.1, 0.15) is 52.4 Å². The second-order valence-corrected chi connectivity index (χ2v) is 5.28. The van der Waals surface area contributed by atoms with Crippen LogP contribution >= 0.6 is 0 Å². The molecule has 144 valence electrons. The van der Waals surface area contributed by atoms with E-state index in [4.69, 9.17) is 0 Å². The molecule has 0 aliphatic carbocycles. The van der Waals surface area contributed by atoms with Crippen molar-refractivity contribution in [2.24, 2.45) is 0 Å². The van der Waals surface area contributed by atoms with Gasteiger partial charge in [-0.15, -0.1) is 0 Å². The quantitative estimate of drug-likeness (QED) is 0.292. The van der Waals surface area contributed by atoms with Crippen molar-refractivity contribution >= 4 is 11.6 Å². The van der Waals surface area contributed by atoms with E-state index in [0.29, 0.717) is 25.4 Å². The molecule has 0 amide bonds. The number of carbonyl (C=O) groups excluding carboxylic acids is 2. The van der Waals surface area contributed by atoms with Crippen LogP contribution in [0.3, 0.4) is 0 Å². The minimum absolute atomic E-state index is 0.236. The van der Waals surface area contributed by atoms with Gasteiger partial charge in [0.2, 0.25) is 0 Å². The summed E-state index contributed by atoms with van der Waals surface area (Å²) in [5.74, 6) is -4.24. The van der Waals surface area contributed by atoms with Crippen molar-refractivity contribution in [3.63, 3.8) is 0 Å². The molecule has 0 aliphatic heterocycles. The number of carbonyl (C=O) groups is 2. The number of Topliss-reactive ketones (excluding diaryl/α,β-unsaturated/α-hetero) is 2. The van der Waals surface area contributed by atoms with E-state index < -0.39 is 35.1 Å². The molecular weight excluding hydrogens is 354 g/mol. The number of unbranched alkanes of at least 4 members (excludes halogenated alkanes) is 2. The molecule has 0 saturated heterocycles. The summed E-state index contributed by atoms with van der Waals surface area (Å²) in [6.07, 6.45) is -8.23. The fourth-order valence-corrected chi connectivity index (χ4v) is 1.75. The Morgan fingerprint density at radius 2 is 1.08 bits per heavy atom. The number of rotatable bonds is 10. The van der Waals surface area contributed by atoms with Crippen molar-refractivity contribution < 1.29 is 40.7 Å². The second-order valence-electron chi connectivity index (χ2n) is 5.28. The Morgan fingerprint density at radius 3 is 1.32 bits per heavy atom. The summed E-state index contributed by atoms with van der Waals surface area (Å²) in [5.41, 5.74) is -1.42. The van der Waals surface area contributed by atoms with Crippen molar-refractivity contribution in [3.8, 4) is 0 Å². The highest BCUT2D eigenvalue weighted by molar-refractivity contribution is 6.00. The molecule has 0 aliphatic rings. The molecule has 0 aromatic rings. The Morgan fingerprint density at radius 1 is 0.760 bits per heavy atom. The average molecular weight is 374 g/mol. The topological polar surface area (TPSA) is 43.4 Å². The van der Waals surface area contributed by atoms with Gasteiger partial charge in [-0.2, -0.15) is 26.3 Å². The first kappa shape index (κ1) is 23.2. The predicted molar refractivity (Wildman–Crippen MR) is 78.4 cm³/mol. The van der Waals surface area contributed by atoms with Gasteiger partial charge in [-0.1, -0.05) is 26.7 Å². The lowest BCUT2D eigenvalue weighted by molar-refractivity contribution is -0.167. The zero-order valence-corrected chi connectivity index (χ0v) is 13.9. The summed E-state index contributed by atoms with van der Waals surface area (Å²) in [4.78, 5) is 22.5. The maximum atomic E-state index is 12.5. The molecule has 0 unspecified atom stereocenters. The van der Waals surface area contributed by atoms with Crippen LogP contribution in [-0.2, 0) is 14.3 Å². The van der Waals surface area contributed by atoms with Crippen molar-refractivity contribution in [2.75, 3.05) is 0 Å². The summed E-state index contributed by atoms with van der Waals surface area (Å²) in [7, 11) is 0. The highest BCUT2D eigenvalue weighted by atomic mass is 19.4. The van der Waals surface area contributed by atoms with Gasteiger partial charge in [-0.05, 0) is 25.7 Å². The number of hydrogen-bond acceptors (Lipinski definition) is 3. The number of allylic oxidation sites excluding steroid dienone is 2. The van der Waals surface area contributed by atoms with E-state index in [2.05, 4.69) is 4.74 Å². The molecule has 0 aromatic heterocycles. The highest BCUT2D eigenvalue weighted by Gasteiger charge is 2.41. The standard InChI is InChI=1S/C16H20F6O3/c1-3-5-7-11(13(23)15(17,18)19)9-25-10-12(8-6-4-2)14(24)16(20,21)22/h9-10H,3-8H2,1-2H3. The highest BCUT2D eigenvalue weighted by Crippen LogP contribution is 2.25. The normalized spacial score (nSPS) is 13.8. The van der Waals surface area contributed by atoms with Crippen molar-refractivity contribution in [1.82, 2.24) is 0 Å². The van der Waals surface area contributed by atoms with Crippen molar-refractivity contribution in [3.05, 3.63) is 23.7 Å². The lowest BCUT2D eigenvalue weighted by Crippen LogP contribution is -2.25. The van der Waals surface area contributed by atoms with Gasteiger partial charge in [0.25, 0.3) is 11.6 Å². The lowest BCUT2D eigenvalue weighted by Gasteiger charge is -2.10. The second kappa shape index (κ2) is 10.2. The Hall–Kier alpha value is -1.80. The van der Waals surface area contributed by atoms with E-state index in [0.717, 1.165) is 0 Å². The molecule has 0 heterocycles. The van der Waals surface area contributed by atoms with Gasteiger partial charge in [0.15, 0.2) is 0 Å². The Kier molecular flexibility index (Phi) is 9.51. The van der Waals surface area contributed by atoms with E-state index in [9.17, 15) is 35.9 Å². The largest absolute Gasteiger partial charge is 0.472 e. The van der Waals surface area contributed by atoms with E-state index in [-0.39, 0.29) is 25.7 Å². The number of ether oxygens (including phenoxy) is 1. The molecule has 25 heavy (non-hydrogen) atoms. The summed E-state index contributed by atoms with van der Waals surface area (Å²) in [6.45, 7) is 3.39. The molecule has 0 spiro atoms. The molecule has 0 bridgehead atoms. The van der Waals surface area contributed by atoms with Crippen LogP contribution in [0.25, 0.3) is 0 Å². The molecule has 3 nitrogen and oxygen atoms in total. The van der Waals surface area contributed by atoms with Gasteiger partial charge in [0.05, 0.1) is 12.5 Å². The monoisotopic (exact) mass is 374 g/mol. The van der Waals surface area contributed by atoms with Gasteiger partial charge >= 0.3 is 12.4 Å².